The Hall–Kier alpha value is -1.73. The lowest BCUT2D eigenvalue weighted by Crippen LogP contribution is -2.26. The van der Waals surface area contributed by atoms with E-state index in [1.54, 1.807) is 44.2 Å². The number of carbonyl (C=O) groups excluding carboxylic acids is 2. The zero-order chi connectivity index (χ0) is 10.6. The summed E-state index contributed by atoms with van der Waals surface area (Å²) in [5, 5.41) is 0. The topological polar surface area (TPSA) is 37.1 Å². The first-order valence-corrected chi connectivity index (χ1v) is 4.43. The van der Waals surface area contributed by atoms with Crippen molar-refractivity contribution in [2.45, 2.75) is 19.9 Å². The van der Waals surface area contributed by atoms with Crippen LogP contribution in [0.5, 0.6) is 0 Å². The van der Waals surface area contributed by atoms with Crippen molar-refractivity contribution in [3.8, 4) is 0 Å². The van der Waals surface area contributed by atoms with Crippen molar-refractivity contribution in [2.24, 2.45) is 0 Å². The van der Waals surface area contributed by atoms with E-state index in [0.717, 1.165) is 4.58 Å². The molecule has 0 spiro atoms. The van der Waals surface area contributed by atoms with Crippen molar-refractivity contribution in [3.05, 3.63) is 35.9 Å². The minimum absolute atomic E-state index is 0.166. The largest absolute Gasteiger partial charge is 0.433 e. The summed E-state index contributed by atoms with van der Waals surface area (Å²) in [5.41, 5.74) is 0.504. The van der Waals surface area contributed by atoms with Gasteiger partial charge in [-0.2, -0.15) is 4.79 Å². The molecule has 3 nitrogen and oxygen atoms in total. The minimum atomic E-state index is -0.310. The molecule has 0 atom stereocenters. The van der Waals surface area contributed by atoms with Crippen LogP contribution in [0, 0.1) is 0 Å². The fourth-order valence-corrected chi connectivity index (χ4v) is 1.10. The van der Waals surface area contributed by atoms with E-state index in [1.807, 2.05) is 6.07 Å². The Labute approximate surface area is 82.7 Å². The van der Waals surface area contributed by atoms with Gasteiger partial charge in [0.05, 0.1) is 5.56 Å². The van der Waals surface area contributed by atoms with Gasteiger partial charge in [-0.05, 0) is 26.0 Å². The van der Waals surface area contributed by atoms with Crippen LogP contribution < -0.4 is 0 Å². The van der Waals surface area contributed by atoms with E-state index in [2.05, 4.69) is 0 Å². The van der Waals surface area contributed by atoms with Crippen LogP contribution >= 0.6 is 0 Å². The molecule has 0 radical (unpaired) electrons. The summed E-state index contributed by atoms with van der Waals surface area (Å²) in [5.74, 6) is -0.310. The first-order valence-electron chi connectivity index (χ1n) is 4.43. The molecule has 0 unspecified atom stereocenters. The van der Waals surface area contributed by atoms with Gasteiger partial charge >= 0.3 is 12.0 Å². The normalized spacial score (nSPS) is 9.64. The summed E-state index contributed by atoms with van der Waals surface area (Å²) in [4.78, 5) is 22.2. The lowest BCUT2D eigenvalue weighted by Gasteiger charge is -1.98. The zero-order valence-corrected chi connectivity index (χ0v) is 8.23. The number of nitrogens with zero attached hydrogens (tertiary/aromatic N) is 1. The number of rotatable bonds is 2. The summed E-state index contributed by atoms with van der Waals surface area (Å²) in [6.45, 7) is 3.54. The molecule has 0 aliphatic rings. The van der Waals surface area contributed by atoms with E-state index in [0.29, 0.717) is 5.56 Å². The first kappa shape index (κ1) is 10.4. The molecule has 0 aliphatic heterocycles. The molecule has 0 aliphatic carbocycles. The lowest BCUT2D eigenvalue weighted by molar-refractivity contribution is -0.460. The third-order valence-electron chi connectivity index (χ3n) is 1.85. The second kappa shape index (κ2) is 4.49. The second-order valence-electron chi connectivity index (χ2n) is 3.23. The van der Waals surface area contributed by atoms with E-state index >= 15 is 0 Å². The Balaban J connectivity index is 3.02. The molecule has 0 aromatic heterocycles. The Bertz CT molecular complexity index is 376. The van der Waals surface area contributed by atoms with Crippen molar-refractivity contribution in [1.82, 2.24) is 0 Å². The van der Waals surface area contributed by atoms with Crippen LogP contribution in [0.15, 0.2) is 30.3 Å². The van der Waals surface area contributed by atoms with Crippen LogP contribution in [0.4, 0.5) is 0 Å². The molecule has 0 bridgehead atoms. The maximum atomic E-state index is 11.7. The number of benzene rings is 1. The first-order chi connectivity index (χ1) is 6.66. The highest BCUT2D eigenvalue weighted by atomic mass is 16.2. The van der Waals surface area contributed by atoms with Crippen LogP contribution in [0.3, 0.4) is 0 Å². The predicted molar refractivity (Wildman–Crippen MR) is 51.9 cm³/mol. The molecule has 0 fully saturated rings. The van der Waals surface area contributed by atoms with Gasteiger partial charge in [-0.1, -0.05) is 22.8 Å². The number of isocyanates is 1. The molecule has 0 saturated carbocycles. The van der Waals surface area contributed by atoms with Crippen molar-refractivity contribution >= 4 is 12.0 Å². The van der Waals surface area contributed by atoms with E-state index < -0.39 is 0 Å². The third kappa shape index (κ3) is 2.15. The Morgan fingerprint density at radius 1 is 1.29 bits per heavy atom. The molecule has 1 amide bonds. The quantitative estimate of drug-likeness (QED) is 0.403. The fourth-order valence-electron chi connectivity index (χ4n) is 1.10. The standard InChI is InChI=1S/C11H12NO2/c1-9(2)12(8-13)11(14)10-6-4-3-5-7-10/h3-7,9H,1-2H3/q+1. The van der Waals surface area contributed by atoms with Gasteiger partial charge in [-0.3, -0.25) is 0 Å². The van der Waals surface area contributed by atoms with Crippen LogP contribution in [-0.4, -0.2) is 22.6 Å². The van der Waals surface area contributed by atoms with Crippen molar-refractivity contribution < 1.29 is 14.2 Å². The van der Waals surface area contributed by atoms with E-state index in [9.17, 15) is 9.59 Å². The predicted octanol–water partition coefficient (Wildman–Crippen LogP) is 1.58. The number of hydrogen-bond donors (Lipinski definition) is 0. The van der Waals surface area contributed by atoms with E-state index in [1.165, 1.54) is 0 Å². The highest BCUT2D eigenvalue weighted by Crippen LogP contribution is 2.02. The number of hydrogen-bond acceptors (Lipinski definition) is 2. The average molecular weight is 190 g/mol. The van der Waals surface area contributed by atoms with Crippen molar-refractivity contribution in [2.75, 3.05) is 0 Å². The molecule has 0 N–H and O–H groups in total. The minimum Gasteiger partial charge on any atom is -0.213 e. The molecule has 1 rings (SSSR count). The molecule has 0 saturated heterocycles. The Morgan fingerprint density at radius 2 is 1.86 bits per heavy atom. The molecule has 3 heteroatoms. The van der Waals surface area contributed by atoms with Gasteiger partial charge in [-0.25, -0.2) is 4.79 Å². The highest BCUT2D eigenvalue weighted by molar-refractivity contribution is 5.88. The Kier molecular flexibility index (Phi) is 3.32. The number of amides is 1. The van der Waals surface area contributed by atoms with E-state index in [4.69, 9.17) is 0 Å². The van der Waals surface area contributed by atoms with Crippen LogP contribution in [-0.2, 0) is 4.79 Å². The SMILES string of the molecule is CC(C)[N+](=C=O)C(=O)c1ccccc1. The molecule has 0 heterocycles. The van der Waals surface area contributed by atoms with Crippen LogP contribution in [0.25, 0.3) is 0 Å². The average Bonchev–Trinajstić information content (AvgIpc) is 2.19. The summed E-state index contributed by atoms with van der Waals surface area (Å²) in [6, 6.07) is 8.53. The molecule has 1 aromatic rings. The molecule has 14 heavy (non-hydrogen) atoms. The maximum absolute atomic E-state index is 11.7. The molecule has 1 aromatic carbocycles. The molecular formula is C11H12NO2+. The van der Waals surface area contributed by atoms with Crippen molar-refractivity contribution in [3.63, 3.8) is 0 Å². The summed E-state index contributed by atoms with van der Waals surface area (Å²) in [6.07, 6.45) is 1.63. The van der Waals surface area contributed by atoms with Gasteiger partial charge in [0, 0.05) is 0 Å². The van der Waals surface area contributed by atoms with Crippen molar-refractivity contribution in [1.29, 1.82) is 0 Å². The Morgan fingerprint density at radius 3 is 2.29 bits per heavy atom. The summed E-state index contributed by atoms with van der Waals surface area (Å²) in [7, 11) is 0. The summed E-state index contributed by atoms with van der Waals surface area (Å²) < 4.78 is 1.05. The maximum Gasteiger partial charge on any atom is 0.433 e. The smallest absolute Gasteiger partial charge is 0.213 e. The monoisotopic (exact) mass is 190 g/mol. The van der Waals surface area contributed by atoms with Gasteiger partial charge in [0.25, 0.3) is 0 Å². The van der Waals surface area contributed by atoms with E-state index in [-0.39, 0.29) is 11.9 Å². The summed E-state index contributed by atoms with van der Waals surface area (Å²) >= 11 is 0. The fraction of sp³-hybridized carbons (Fsp3) is 0.273. The van der Waals surface area contributed by atoms with Crippen LogP contribution in [0.1, 0.15) is 24.2 Å². The highest BCUT2D eigenvalue weighted by Gasteiger charge is 2.23. The zero-order valence-electron chi connectivity index (χ0n) is 8.23. The second-order valence-corrected chi connectivity index (χ2v) is 3.23. The molecular weight excluding hydrogens is 178 g/mol. The lowest BCUT2D eigenvalue weighted by atomic mass is 10.2. The third-order valence-corrected chi connectivity index (χ3v) is 1.85. The number of carbonyl (C=O) groups is 1. The van der Waals surface area contributed by atoms with Crippen LogP contribution in [0.2, 0.25) is 0 Å². The van der Waals surface area contributed by atoms with Gasteiger partial charge in [0.15, 0.2) is 6.04 Å². The van der Waals surface area contributed by atoms with Gasteiger partial charge in [0.2, 0.25) is 0 Å². The molecule has 72 valence electrons. The van der Waals surface area contributed by atoms with Gasteiger partial charge < -0.3 is 0 Å². The van der Waals surface area contributed by atoms with Gasteiger partial charge in [0.1, 0.15) is 0 Å². The van der Waals surface area contributed by atoms with Gasteiger partial charge in [-0.15, -0.1) is 0 Å².